The van der Waals surface area contributed by atoms with Crippen LogP contribution < -0.4 is 4.74 Å². The van der Waals surface area contributed by atoms with Crippen LogP contribution in [0.25, 0.3) is 0 Å². The van der Waals surface area contributed by atoms with Gasteiger partial charge in [0.05, 0.1) is 11.6 Å². The van der Waals surface area contributed by atoms with Gasteiger partial charge in [0, 0.05) is 25.3 Å². The summed E-state index contributed by atoms with van der Waals surface area (Å²) in [7, 11) is 0. The van der Waals surface area contributed by atoms with E-state index in [9.17, 15) is 0 Å². The Morgan fingerprint density at radius 1 is 1.50 bits per heavy atom. The molecule has 0 fully saturated rings. The van der Waals surface area contributed by atoms with Crippen LogP contribution in [0.1, 0.15) is 6.42 Å². The van der Waals surface area contributed by atoms with Crippen molar-refractivity contribution in [3.8, 4) is 5.88 Å². The molecule has 1 heterocycles. The Balaban J connectivity index is 2.37. The lowest BCUT2D eigenvalue weighted by atomic mass is 10.5. The number of halogens is 1. The summed E-state index contributed by atoms with van der Waals surface area (Å²) in [6.45, 7) is 0.610. The van der Waals surface area contributed by atoms with Crippen LogP contribution in [0, 0.1) is 0 Å². The average molecular weight is 188 g/mol. The summed E-state index contributed by atoms with van der Waals surface area (Å²) in [6.07, 6.45) is 2.14. The predicted octanol–water partition coefficient (Wildman–Crippen LogP) is 1.50. The van der Waals surface area contributed by atoms with E-state index in [1.54, 1.807) is 12.1 Å². The second-order valence-corrected chi connectivity index (χ2v) is 2.68. The van der Waals surface area contributed by atoms with Gasteiger partial charge in [0.15, 0.2) is 0 Å². The highest BCUT2D eigenvalue weighted by Crippen LogP contribution is 2.11. The monoisotopic (exact) mass is 187 g/mol. The number of ether oxygens (including phenoxy) is 1. The lowest BCUT2D eigenvalue weighted by Crippen LogP contribution is -2.00. The molecular formula is C8H10ClNO2. The summed E-state index contributed by atoms with van der Waals surface area (Å²) >= 11 is 5.61. The Labute approximate surface area is 76.0 Å². The van der Waals surface area contributed by atoms with E-state index in [1.807, 2.05) is 0 Å². The molecule has 0 spiro atoms. The van der Waals surface area contributed by atoms with Gasteiger partial charge in [-0.05, 0) is 6.07 Å². The van der Waals surface area contributed by atoms with Gasteiger partial charge >= 0.3 is 0 Å². The Hall–Kier alpha value is -0.800. The minimum Gasteiger partial charge on any atom is -0.478 e. The largest absolute Gasteiger partial charge is 0.478 e. The van der Waals surface area contributed by atoms with E-state index in [0.29, 0.717) is 23.9 Å². The van der Waals surface area contributed by atoms with Crippen LogP contribution in [0.2, 0.25) is 5.02 Å². The first-order valence-corrected chi connectivity index (χ1v) is 4.06. The van der Waals surface area contributed by atoms with Crippen LogP contribution in [0.4, 0.5) is 0 Å². The molecule has 0 aromatic carbocycles. The number of pyridine rings is 1. The van der Waals surface area contributed by atoms with Crippen molar-refractivity contribution in [2.24, 2.45) is 0 Å². The summed E-state index contributed by atoms with van der Waals surface area (Å²) in [6, 6.07) is 3.41. The van der Waals surface area contributed by atoms with Gasteiger partial charge in [-0.2, -0.15) is 0 Å². The molecule has 66 valence electrons. The third-order valence-corrected chi connectivity index (χ3v) is 1.48. The molecule has 12 heavy (non-hydrogen) atoms. The number of aromatic nitrogens is 1. The van der Waals surface area contributed by atoms with E-state index >= 15 is 0 Å². The van der Waals surface area contributed by atoms with Gasteiger partial charge in [0.25, 0.3) is 0 Å². The summed E-state index contributed by atoms with van der Waals surface area (Å²) in [5.41, 5.74) is 0. The smallest absolute Gasteiger partial charge is 0.213 e. The second kappa shape index (κ2) is 4.95. The van der Waals surface area contributed by atoms with Gasteiger partial charge in [-0.1, -0.05) is 11.6 Å². The highest BCUT2D eigenvalue weighted by molar-refractivity contribution is 6.30. The zero-order valence-corrected chi connectivity index (χ0v) is 7.29. The molecule has 0 amide bonds. The highest BCUT2D eigenvalue weighted by atomic mass is 35.5. The first kappa shape index (κ1) is 9.29. The molecule has 3 nitrogen and oxygen atoms in total. The Morgan fingerprint density at radius 2 is 2.33 bits per heavy atom. The number of nitrogens with zero attached hydrogens (tertiary/aromatic N) is 1. The van der Waals surface area contributed by atoms with Gasteiger partial charge in [-0.25, -0.2) is 4.98 Å². The van der Waals surface area contributed by atoms with Crippen molar-refractivity contribution in [1.29, 1.82) is 0 Å². The molecule has 4 heteroatoms. The van der Waals surface area contributed by atoms with Crippen molar-refractivity contribution in [3.05, 3.63) is 23.4 Å². The predicted molar refractivity (Wildman–Crippen MR) is 46.4 cm³/mol. The topological polar surface area (TPSA) is 42.4 Å². The molecule has 0 saturated heterocycles. The van der Waals surface area contributed by atoms with E-state index < -0.39 is 0 Å². The summed E-state index contributed by atoms with van der Waals surface area (Å²) in [5.74, 6) is 0.535. The van der Waals surface area contributed by atoms with Crippen molar-refractivity contribution in [2.75, 3.05) is 13.2 Å². The average Bonchev–Trinajstić information content (AvgIpc) is 2.09. The third-order valence-electron chi connectivity index (χ3n) is 1.25. The molecule has 1 rings (SSSR count). The number of hydrogen-bond acceptors (Lipinski definition) is 3. The maximum atomic E-state index is 8.47. The molecule has 0 saturated carbocycles. The molecule has 0 radical (unpaired) electrons. The van der Waals surface area contributed by atoms with Gasteiger partial charge in [-0.15, -0.1) is 0 Å². The zero-order chi connectivity index (χ0) is 8.81. The van der Waals surface area contributed by atoms with Crippen molar-refractivity contribution in [1.82, 2.24) is 4.98 Å². The quantitative estimate of drug-likeness (QED) is 0.727. The third kappa shape index (κ3) is 3.07. The zero-order valence-electron chi connectivity index (χ0n) is 6.53. The summed E-state index contributed by atoms with van der Waals surface area (Å²) in [4.78, 5) is 3.91. The number of aliphatic hydroxyl groups is 1. The first-order chi connectivity index (χ1) is 5.83. The van der Waals surface area contributed by atoms with E-state index in [0.717, 1.165) is 0 Å². The summed E-state index contributed by atoms with van der Waals surface area (Å²) < 4.78 is 5.17. The van der Waals surface area contributed by atoms with E-state index in [2.05, 4.69) is 4.98 Å². The number of rotatable bonds is 4. The van der Waals surface area contributed by atoms with Crippen LogP contribution in [0.5, 0.6) is 5.88 Å². The minimum atomic E-state index is 0.133. The molecular weight excluding hydrogens is 178 g/mol. The van der Waals surface area contributed by atoms with Crippen LogP contribution in [-0.2, 0) is 0 Å². The molecule has 0 aliphatic heterocycles. The lowest BCUT2D eigenvalue weighted by molar-refractivity contribution is 0.229. The maximum Gasteiger partial charge on any atom is 0.213 e. The number of aliphatic hydroxyl groups excluding tert-OH is 1. The second-order valence-electron chi connectivity index (χ2n) is 2.24. The molecule has 1 N–H and O–H groups in total. The standard InChI is InChI=1S/C8H10ClNO2/c9-7-2-3-8(10-6-7)12-5-1-4-11/h2-3,6,11H,1,4-5H2. The first-order valence-electron chi connectivity index (χ1n) is 3.68. The molecule has 1 aromatic rings. The van der Waals surface area contributed by atoms with Crippen molar-refractivity contribution >= 4 is 11.6 Å². The fourth-order valence-corrected chi connectivity index (χ4v) is 0.801. The van der Waals surface area contributed by atoms with E-state index in [1.165, 1.54) is 6.20 Å². The van der Waals surface area contributed by atoms with Gasteiger partial charge in [-0.3, -0.25) is 0 Å². The van der Waals surface area contributed by atoms with Gasteiger partial charge in [0.2, 0.25) is 5.88 Å². The Kier molecular flexibility index (Phi) is 3.84. The van der Waals surface area contributed by atoms with Crippen molar-refractivity contribution < 1.29 is 9.84 Å². The Morgan fingerprint density at radius 3 is 2.92 bits per heavy atom. The highest BCUT2D eigenvalue weighted by Gasteiger charge is 1.93. The van der Waals surface area contributed by atoms with Crippen LogP contribution >= 0.6 is 11.6 Å². The molecule has 0 aliphatic rings. The van der Waals surface area contributed by atoms with E-state index in [-0.39, 0.29) is 6.61 Å². The normalized spacial score (nSPS) is 9.83. The minimum absolute atomic E-state index is 0.133. The molecule has 0 aliphatic carbocycles. The maximum absolute atomic E-state index is 8.47. The Bertz CT molecular complexity index is 225. The van der Waals surface area contributed by atoms with Crippen LogP contribution in [-0.4, -0.2) is 23.3 Å². The van der Waals surface area contributed by atoms with Crippen molar-refractivity contribution in [2.45, 2.75) is 6.42 Å². The molecule has 0 unspecified atom stereocenters. The summed E-state index contributed by atoms with van der Waals surface area (Å²) in [5, 5.41) is 9.05. The van der Waals surface area contributed by atoms with Crippen LogP contribution in [0.3, 0.4) is 0 Å². The van der Waals surface area contributed by atoms with Gasteiger partial charge in [0.1, 0.15) is 0 Å². The fourth-order valence-electron chi connectivity index (χ4n) is 0.689. The fraction of sp³-hybridized carbons (Fsp3) is 0.375. The van der Waals surface area contributed by atoms with Gasteiger partial charge < -0.3 is 9.84 Å². The number of hydrogen-bond donors (Lipinski definition) is 1. The molecule has 0 bridgehead atoms. The van der Waals surface area contributed by atoms with E-state index in [4.69, 9.17) is 21.4 Å². The molecule has 0 atom stereocenters. The van der Waals surface area contributed by atoms with Crippen molar-refractivity contribution in [3.63, 3.8) is 0 Å². The van der Waals surface area contributed by atoms with Crippen LogP contribution in [0.15, 0.2) is 18.3 Å². The SMILES string of the molecule is OCCCOc1ccc(Cl)cn1. The lowest BCUT2D eigenvalue weighted by Gasteiger charge is -2.02. The molecule has 1 aromatic heterocycles.